The van der Waals surface area contributed by atoms with Gasteiger partial charge in [0.05, 0.1) is 0 Å². The van der Waals surface area contributed by atoms with Crippen LogP contribution < -0.4 is 4.90 Å². The third-order valence-electron chi connectivity index (χ3n) is 6.03. The van der Waals surface area contributed by atoms with Gasteiger partial charge in [0.25, 0.3) is 0 Å². The highest BCUT2D eigenvalue weighted by Gasteiger charge is 2.42. The monoisotopic (exact) mass is 285 g/mol. The Hall–Kier alpha value is -1.09. The molecule has 2 bridgehead atoms. The van der Waals surface area contributed by atoms with E-state index < -0.39 is 0 Å². The van der Waals surface area contributed by atoms with Crippen LogP contribution in [0.5, 0.6) is 0 Å². The molecule has 0 aromatic carbocycles. The van der Waals surface area contributed by atoms with Crippen molar-refractivity contribution >= 4 is 5.82 Å². The zero-order valence-corrected chi connectivity index (χ0v) is 13.2. The number of fused-ring (bicyclic) bond motifs is 2. The Labute approximate surface area is 128 Å². The molecule has 3 fully saturated rings. The highest BCUT2D eigenvalue weighted by molar-refractivity contribution is 5.40. The highest BCUT2D eigenvalue weighted by Crippen LogP contribution is 2.46. The van der Waals surface area contributed by atoms with Crippen molar-refractivity contribution in [2.45, 2.75) is 45.1 Å². The van der Waals surface area contributed by atoms with E-state index in [1.54, 1.807) is 0 Å². The molecule has 1 aromatic rings. The van der Waals surface area contributed by atoms with Gasteiger partial charge >= 0.3 is 0 Å². The van der Waals surface area contributed by atoms with Gasteiger partial charge in [-0.25, -0.2) is 4.98 Å². The molecular formula is C18H27N3. The summed E-state index contributed by atoms with van der Waals surface area (Å²) in [6.45, 7) is 6.93. The molecule has 4 rings (SSSR count). The van der Waals surface area contributed by atoms with E-state index in [2.05, 4.69) is 33.8 Å². The summed E-state index contributed by atoms with van der Waals surface area (Å²) in [5.74, 6) is 3.24. The molecule has 2 aliphatic carbocycles. The van der Waals surface area contributed by atoms with E-state index in [0.29, 0.717) is 0 Å². The number of anilines is 1. The molecule has 0 N–H and O–H groups in total. The van der Waals surface area contributed by atoms with Crippen molar-refractivity contribution in [3.8, 4) is 0 Å². The molecule has 1 aromatic heterocycles. The Kier molecular flexibility index (Phi) is 3.62. The van der Waals surface area contributed by atoms with Crippen molar-refractivity contribution in [2.24, 2.45) is 11.8 Å². The van der Waals surface area contributed by atoms with Crippen molar-refractivity contribution in [3.63, 3.8) is 0 Å². The lowest BCUT2D eigenvalue weighted by molar-refractivity contribution is 0.134. The number of hydrogen-bond acceptors (Lipinski definition) is 3. The van der Waals surface area contributed by atoms with Gasteiger partial charge in [0.2, 0.25) is 0 Å². The minimum atomic E-state index is 0.904. The predicted octanol–water partition coefficient (Wildman–Crippen LogP) is 2.95. The van der Waals surface area contributed by atoms with E-state index in [0.717, 1.165) is 37.4 Å². The molecule has 21 heavy (non-hydrogen) atoms. The van der Waals surface area contributed by atoms with Crippen molar-refractivity contribution < 1.29 is 0 Å². The first kappa shape index (κ1) is 13.6. The average molecular weight is 285 g/mol. The fourth-order valence-electron chi connectivity index (χ4n) is 4.75. The second-order valence-electron chi connectivity index (χ2n) is 7.14. The molecule has 114 valence electrons. The van der Waals surface area contributed by atoms with Crippen LogP contribution >= 0.6 is 0 Å². The molecule has 2 heterocycles. The maximum absolute atomic E-state index is 4.64. The minimum absolute atomic E-state index is 0.904. The summed E-state index contributed by atoms with van der Waals surface area (Å²) in [4.78, 5) is 9.88. The van der Waals surface area contributed by atoms with E-state index in [1.165, 1.54) is 50.2 Å². The lowest BCUT2D eigenvalue weighted by Gasteiger charge is -2.41. The van der Waals surface area contributed by atoms with Crippen LogP contribution in [0.4, 0.5) is 5.82 Å². The van der Waals surface area contributed by atoms with E-state index >= 15 is 0 Å². The maximum Gasteiger partial charge on any atom is 0.128 e. The van der Waals surface area contributed by atoms with Gasteiger partial charge in [-0.2, -0.15) is 0 Å². The highest BCUT2D eigenvalue weighted by atomic mass is 15.3. The number of piperazine rings is 1. The summed E-state index contributed by atoms with van der Waals surface area (Å²) in [7, 11) is 0. The molecule has 3 heteroatoms. The standard InChI is InChI=1S/C18H27N3/c1-2-14-4-6-18(19-13-14)21-9-7-20(8-10-21)17-12-15-3-5-16(17)11-15/h4,6,13,15-17H,2-3,5,7-12H2,1H3. The molecule has 3 aliphatic rings. The summed E-state index contributed by atoms with van der Waals surface area (Å²) >= 11 is 0. The van der Waals surface area contributed by atoms with E-state index in [4.69, 9.17) is 0 Å². The first-order valence-corrected chi connectivity index (χ1v) is 8.77. The summed E-state index contributed by atoms with van der Waals surface area (Å²) in [5.41, 5.74) is 1.33. The van der Waals surface area contributed by atoms with Gasteiger partial charge in [0, 0.05) is 38.4 Å². The number of aryl methyl sites for hydroxylation is 1. The summed E-state index contributed by atoms with van der Waals surface area (Å²) in [6, 6.07) is 5.33. The maximum atomic E-state index is 4.64. The molecule has 2 saturated carbocycles. The van der Waals surface area contributed by atoms with Gasteiger partial charge in [-0.3, -0.25) is 4.90 Å². The van der Waals surface area contributed by atoms with Crippen molar-refractivity contribution in [3.05, 3.63) is 23.9 Å². The first-order chi connectivity index (χ1) is 10.3. The number of hydrogen-bond donors (Lipinski definition) is 0. The summed E-state index contributed by atoms with van der Waals surface area (Å²) < 4.78 is 0. The van der Waals surface area contributed by atoms with Crippen molar-refractivity contribution in [2.75, 3.05) is 31.1 Å². The topological polar surface area (TPSA) is 19.4 Å². The molecule has 0 amide bonds. The second-order valence-corrected chi connectivity index (χ2v) is 7.14. The van der Waals surface area contributed by atoms with E-state index in [-0.39, 0.29) is 0 Å². The molecule has 3 nitrogen and oxygen atoms in total. The number of nitrogens with zero attached hydrogens (tertiary/aromatic N) is 3. The summed E-state index contributed by atoms with van der Waals surface area (Å²) in [6.07, 6.45) is 9.12. The quantitative estimate of drug-likeness (QED) is 0.851. The fourth-order valence-corrected chi connectivity index (χ4v) is 4.75. The molecule has 3 unspecified atom stereocenters. The van der Waals surface area contributed by atoms with Gasteiger partial charge in [0.1, 0.15) is 5.82 Å². The zero-order valence-electron chi connectivity index (χ0n) is 13.2. The Morgan fingerprint density at radius 2 is 1.95 bits per heavy atom. The minimum Gasteiger partial charge on any atom is -0.354 e. The average Bonchev–Trinajstić information content (AvgIpc) is 3.18. The van der Waals surface area contributed by atoms with Crippen LogP contribution in [0.1, 0.15) is 38.2 Å². The Bertz CT molecular complexity index is 476. The molecule has 0 spiro atoms. The SMILES string of the molecule is CCc1ccc(N2CCN(C3CC4CCC3C4)CC2)nc1. The van der Waals surface area contributed by atoms with Gasteiger partial charge < -0.3 is 4.90 Å². The molecule has 3 atom stereocenters. The summed E-state index contributed by atoms with van der Waals surface area (Å²) in [5, 5.41) is 0. The van der Waals surface area contributed by atoms with Gasteiger partial charge in [-0.05, 0) is 49.1 Å². The third-order valence-corrected chi connectivity index (χ3v) is 6.03. The smallest absolute Gasteiger partial charge is 0.128 e. The van der Waals surface area contributed by atoms with Crippen molar-refractivity contribution in [1.82, 2.24) is 9.88 Å². The number of aromatic nitrogens is 1. The van der Waals surface area contributed by atoms with E-state index in [9.17, 15) is 0 Å². The van der Waals surface area contributed by atoms with Crippen molar-refractivity contribution in [1.29, 1.82) is 0 Å². The Morgan fingerprint density at radius 1 is 1.10 bits per heavy atom. The van der Waals surface area contributed by atoms with Crippen LogP contribution in [0.2, 0.25) is 0 Å². The predicted molar refractivity (Wildman–Crippen MR) is 86.6 cm³/mol. The van der Waals surface area contributed by atoms with E-state index in [1.807, 2.05) is 6.20 Å². The second kappa shape index (κ2) is 5.60. The van der Waals surface area contributed by atoms with Crippen LogP contribution in [0, 0.1) is 11.8 Å². The number of pyridine rings is 1. The molecule has 1 saturated heterocycles. The van der Waals surface area contributed by atoms with Crippen LogP contribution in [-0.4, -0.2) is 42.1 Å². The lowest BCUT2D eigenvalue weighted by Crippen LogP contribution is -2.52. The van der Waals surface area contributed by atoms with Gasteiger partial charge in [0.15, 0.2) is 0 Å². The largest absolute Gasteiger partial charge is 0.354 e. The zero-order chi connectivity index (χ0) is 14.2. The molecular weight excluding hydrogens is 258 g/mol. The van der Waals surface area contributed by atoms with Gasteiger partial charge in [-0.1, -0.05) is 19.4 Å². The Morgan fingerprint density at radius 3 is 2.52 bits per heavy atom. The Balaban J connectivity index is 1.35. The fraction of sp³-hybridized carbons (Fsp3) is 0.722. The molecule has 0 radical (unpaired) electrons. The number of rotatable bonds is 3. The molecule has 1 aliphatic heterocycles. The lowest BCUT2D eigenvalue weighted by atomic mass is 9.93. The van der Waals surface area contributed by atoms with Crippen LogP contribution in [0.25, 0.3) is 0 Å². The van der Waals surface area contributed by atoms with Crippen LogP contribution in [-0.2, 0) is 6.42 Å². The normalized spacial score (nSPS) is 32.8. The first-order valence-electron chi connectivity index (χ1n) is 8.77. The van der Waals surface area contributed by atoms with Crippen LogP contribution in [0.3, 0.4) is 0 Å². The van der Waals surface area contributed by atoms with Gasteiger partial charge in [-0.15, -0.1) is 0 Å². The third kappa shape index (κ3) is 2.57. The van der Waals surface area contributed by atoms with Crippen LogP contribution in [0.15, 0.2) is 18.3 Å².